The standard InChI is InChI=1S/C13H14Cl2N2S/c1-7(2)12-11(18-13(16)17-12)6-8-5-9(14)3-4-10(8)15/h3-5,7H,6H2,1-2H3,(H2,16,17). The lowest BCUT2D eigenvalue weighted by Crippen LogP contribution is -1.96. The number of hydrogen-bond donors (Lipinski definition) is 1. The number of nitrogens with zero attached hydrogens (tertiary/aromatic N) is 1. The highest BCUT2D eigenvalue weighted by Gasteiger charge is 2.14. The lowest BCUT2D eigenvalue weighted by atomic mass is 10.0. The van der Waals surface area contributed by atoms with Crippen LogP contribution >= 0.6 is 34.5 Å². The van der Waals surface area contributed by atoms with Crippen LogP contribution in [0.25, 0.3) is 0 Å². The number of nitrogens with two attached hydrogens (primary N) is 1. The third-order valence-corrected chi connectivity index (χ3v) is 4.15. The number of benzene rings is 1. The van der Waals surface area contributed by atoms with Crippen molar-refractivity contribution in [2.45, 2.75) is 26.2 Å². The number of halogens is 2. The van der Waals surface area contributed by atoms with Gasteiger partial charge in [-0.25, -0.2) is 4.98 Å². The van der Waals surface area contributed by atoms with Gasteiger partial charge in [-0.3, -0.25) is 0 Å². The molecule has 0 aliphatic heterocycles. The first kappa shape index (κ1) is 13.7. The summed E-state index contributed by atoms with van der Waals surface area (Å²) in [6.45, 7) is 4.22. The Bertz CT molecular complexity index is 564. The average Bonchev–Trinajstić information content (AvgIpc) is 2.65. The maximum atomic E-state index is 6.18. The van der Waals surface area contributed by atoms with E-state index in [0.717, 1.165) is 27.6 Å². The molecule has 2 aromatic rings. The second-order valence-corrected chi connectivity index (χ2v) is 6.39. The van der Waals surface area contributed by atoms with Gasteiger partial charge in [0.2, 0.25) is 0 Å². The SMILES string of the molecule is CC(C)c1nc(N)sc1Cc1cc(Cl)ccc1Cl. The van der Waals surface area contributed by atoms with Crippen molar-refractivity contribution in [3.63, 3.8) is 0 Å². The number of rotatable bonds is 3. The van der Waals surface area contributed by atoms with Crippen molar-refractivity contribution in [3.05, 3.63) is 44.4 Å². The fourth-order valence-corrected chi connectivity index (χ4v) is 3.20. The summed E-state index contributed by atoms with van der Waals surface area (Å²) in [5.41, 5.74) is 7.85. The first-order chi connectivity index (χ1) is 8.47. The van der Waals surface area contributed by atoms with E-state index in [4.69, 9.17) is 28.9 Å². The van der Waals surface area contributed by atoms with Crippen molar-refractivity contribution >= 4 is 39.7 Å². The van der Waals surface area contributed by atoms with Gasteiger partial charge in [-0.15, -0.1) is 11.3 Å². The van der Waals surface area contributed by atoms with Crippen LogP contribution in [0.5, 0.6) is 0 Å². The molecule has 18 heavy (non-hydrogen) atoms. The average molecular weight is 301 g/mol. The lowest BCUT2D eigenvalue weighted by molar-refractivity contribution is 0.820. The van der Waals surface area contributed by atoms with Crippen LogP contribution in [0.1, 0.15) is 35.9 Å². The maximum Gasteiger partial charge on any atom is 0.180 e. The molecule has 2 rings (SSSR count). The summed E-state index contributed by atoms with van der Waals surface area (Å²) in [7, 11) is 0. The predicted molar refractivity (Wildman–Crippen MR) is 79.9 cm³/mol. The van der Waals surface area contributed by atoms with Crippen LogP contribution < -0.4 is 5.73 Å². The summed E-state index contributed by atoms with van der Waals surface area (Å²) in [5.74, 6) is 0.353. The highest BCUT2D eigenvalue weighted by atomic mass is 35.5. The Hall–Kier alpha value is -0.770. The Morgan fingerprint density at radius 1 is 1.33 bits per heavy atom. The number of thiazole rings is 1. The van der Waals surface area contributed by atoms with E-state index >= 15 is 0 Å². The molecule has 0 unspecified atom stereocenters. The van der Waals surface area contributed by atoms with Gasteiger partial charge >= 0.3 is 0 Å². The molecule has 5 heteroatoms. The van der Waals surface area contributed by atoms with Crippen LogP contribution in [0.4, 0.5) is 5.13 Å². The Morgan fingerprint density at radius 2 is 2.06 bits per heavy atom. The third kappa shape index (κ3) is 2.97. The second-order valence-electron chi connectivity index (χ2n) is 4.43. The molecule has 0 aliphatic rings. The van der Waals surface area contributed by atoms with Gasteiger partial charge in [0.05, 0.1) is 5.69 Å². The van der Waals surface area contributed by atoms with E-state index in [1.54, 1.807) is 6.07 Å². The van der Waals surface area contributed by atoms with E-state index in [9.17, 15) is 0 Å². The van der Waals surface area contributed by atoms with Gasteiger partial charge in [-0.05, 0) is 29.7 Å². The molecule has 0 bridgehead atoms. The van der Waals surface area contributed by atoms with Crippen molar-refractivity contribution in [3.8, 4) is 0 Å². The summed E-state index contributed by atoms with van der Waals surface area (Å²) in [6.07, 6.45) is 0.724. The normalized spacial score (nSPS) is 11.2. The third-order valence-electron chi connectivity index (χ3n) is 2.65. The van der Waals surface area contributed by atoms with E-state index < -0.39 is 0 Å². The van der Waals surface area contributed by atoms with E-state index in [1.165, 1.54) is 11.3 Å². The molecule has 0 spiro atoms. The van der Waals surface area contributed by atoms with Crippen LogP contribution in [-0.2, 0) is 6.42 Å². The minimum atomic E-state index is 0.353. The number of aromatic nitrogens is 1. The first-order valence-corrected chi connectivity index (χ1v) is 7.23. The zero-order valence-corrected chi connectivity index (χ0v) is 12.5. The second kappa shape index (κ2) is 5.47. The smallest absolute Gasteiger partial charge is 0.180 e. The molecule has 0 atom stereocenters. The van der Waals surface area contributed by atoms with Gasteiger partial charge in [-0.2, -0.15) is 0 Å². The number of anilines is 1. The fraction of sp³-hybridized carbons (Fsp3) is 0.308. The highest BCUT2D eigenvalue weighted by Crippen LogP contribution is 2.31. The first-order valence-electron chi connectivity index (χ1n) is 5.66. The van der Waals surface area contributed by atoms with Crippen molar-refractivity contribution in [2.75, 3.05) is 5.73 Å². The maximum absolute atomic E-state index is 6.18. The van der Waals surface area contributed by atoms with Crippen LogP contribution in [-0.4, -0.2) is 4.98 Å². The molecule has 0 amide bonds. The molecule has 1 aromatic heterocycles. The summed E-state index contributed by atoms with van der Waals surface area (Å²) in [4.78, 5) is 5.54. The quantitative estimate of drug-likeness (QED) is 0.888. The highest BCUT2D eigenvalue weighted by molar-refractivity contribution is 7.15. The van der Waals surface area contributed by atoms with E-state index in [0.29, 0.717) is 16.1 Å². The van der Waals surface area contributed by atoms with Crippen molar-refractivity contribution < 1.29 is 0 Å². The van der Waals surface area contributed by atoms with Crippen molar-refractivity contribution in [2.24, 2.45) is 0 Å². The minimum Gasteiger partial charge on any atom is -0.375 e. The van der Waals surface area contributed by atoms with Gasteiger partial charge in [-0.1, -0.05) is 37.0 Å². The van der Waals surface area contributed by atoms with Gasteiger partial charge < -0.3 is 5.73 Å². The number of hydrogen-bond acceptors (Lipinski definition) is 3. The van der Waals surface area contributed by atoms with Gasteiger partial charge in [0.15, 0.2) is 5.13 Å². The number of nitrogen functional groups attached to an aromatic ring is 1. The molecule has 0 fully saturated rings. The topological polar surface area (TPSA) is 38.9 Å². The molecule has 2 nitrogen and oxygen atoms in total. The molecule has 0 saturated heterocycles. The molecular weight excluding hydrogens is 287 g/mol. The molecule has 96 valence electrons. The largest absolute Gasteiger partial charge is 0.375 e. The van der Waals surface area contributed by atoms with Crippen LogP contribution in [0.3, 0.4) is 0 Å². The fourth-order valence-electron chi connectivity index (χ4n) is 1.81. The zero-order chi connectivity index (χ0) is 13.3. The summed E-state index contributed by atoms with van der Waals surface area (Å²) >= 11 is 13.7. The lowest BCUT2D eigenvalue weighted by Gasteiger charge is -2.07. The van der Waals surface area contributed by atoms with E-state index in [-0.39, 0.29) is 0 Å². The van der Waals surface area contributed by atoms with E-state index in [2.05, 4.69) is 18.8 Å². The van der Waals surface area contributed by atoms with Crippen LogP contribution in [0, 0.1) is 0 Å². The van der Waals surface area contributed by atoms with E-state index in [1.807, 2.05) is 12.1 Å². The zero-order valence-electron chi connectivity index (χ0n) is 10.2. The summed E-state index contributed by atoms with van der Waals surface area (Å²) < 4.78 is 0. The van der Waals surface area contributed by atoms with Crippen LogP contribution in [0.15, 0.2) is 18.2 Å². The summed E-state index contributed by atoms with van der Waals surface area (Å²) in [5, 5.41) is 2.02. The molecule has 2 N–H and O–H groups in total. The Morgan fingerprint density at radius 3 is 2.72 bits per heavy atom. The Balaban J connectivity index is 2.36. The molecule has 0 aliphatic carbocycles. The minimum absolute atomic E-state index is 0.353. The molecular formula is C13H14Cl2N2S. The van der Waals surface area contributed by atoms with Gasteiger partial charge in [0.1, 0.15) is 0 Å². The molecule has 1 aromatic carbocycles. The molecule has 1 heterocycles. The van der Waals surface area contributed by atoms with Crippen molar-refractivity contribution in [1.82, 2.24) is 4.98 Å². The Kier molecular flexibility index (Phi) is 4.15. The molecule has 0 radical (unpaired) electrons. The van der Waals surface area contributed by atoms with Crippen molar-refractivity contribution in [1.29, 1.82) is 0 Å². The Labute approximate surface area is 121 Å². The predicted octanol–water partition coefficient (Wildman–Crippen LogP) is 4.75. The summed E-state index contributed by atoms with van der Waals surface area (Å²) in [6, 6.07) is 5.50. The monoisotopic (exact) mass is 300 g/mol. The van der Waals surface area contributed by atoms with Crippen LogP contribution in [0.2, 0.25) is 10.0 Å². The molecule has 0 saturated carbocycles. The van der Waals surface area contributed by atoms with Gasteiger partial charge in [0.25, 0.3) is 0 Å². The van der Waals surface area contributed by atoms with Gasteiger partial charge in [0, 0.05) is 21.3 Å².